The molecule has 13 heavy (non-hydrogen) atoms. The second kappa shape index (κ2) is 4.07. The van der Waals surface area contributed by atoms with Crippen LogP contribution in [0.5, 0.6) is 0 Å². The topological polar surface area (TPSA) is 26.0 Å². The van der Waals surface area contributed by atoms with Crippen molar-refractivity contribution in [2.75, 3.05) is 0 Å². The molecule has 0 aliphatic heterocycles. The van der Waals surface area contributed by atoms with Crippen molar-refractivity contribution in [1.82, 2.24) is 0 Å². The monoisotopic (exact) mass is 213 g/mol. The summed E-state index contributed by atoms with van der Waals surface area (Å²) < 4.78 is 0. The maximum atomic E-state index is 6.03. The molecule has 0 saturated heterocycles. The third-order valence-corrected chi connectivity index (χ3v) is 2.52. The number of aryl methyl sites for hydroxylation is 2. The van der Waals surface area contributed by atoms with Gasteiger partial charge in [-0.15, -0.1) is 0 Å². The van der Waals surface area contributed by atoms with E-state index in [1.807, 2.05) is 19.1 Å². The normalized spacial score (nSPS) is 10.1. The van der Waals surface area contributed by atoms with Gasteiger partial charge in [0.05, 0.1) is 4.99 Å². The number of benzene rings is 1. The minimum atomic E-state index is 0.477. The van der Waals surface area contributed by atoms with Crippen molar-refractivity contribution in [1.29, 1.82) is 0 Å². The summed E-state index contributed by atoms with van der Waals surface area (Å²) in [5, 5.41) is 0.746. The van der Waals surface area contributed by atoms with E-state index in [0.29, 0.717) is 11.4 Å². The molecule has 3 heteroatoms. The van der Waals surface area contributed by atoms with E-state index in [1.54, 1.807) is 0 Å². The highest BCUT2D eigenvalue weighted by molar-refractivity contribution is 7.80. The summed E-state index contributed by atoms with van der Waals surface area (Å²) >= 11 is 10.9. The SMILES string of the molecule is Cc1cc(Cl)c(CC(N)=S)cc1C. The summed E-state index contributed by atoms with van der Waals surface area (Å²) in [5.41, 5.74) is 8.88. The molecule has 1 aromatic carbocycles. The fourth-order valence-corrected chi connectivity index (χ4v) is 1.60. The number of halogens is 1. The Balaban J connectivity index is 3.08. The fourth-order valence-electron chi connectivity index (χ4n) is 1.16. The molecule has 0 aliphatic carbocycles. The molecule has 1 nitrogen and oxygen atoms in total. The Kier molecular flexibility index (Phi) is 3.28. The van der Waals surface area contributed by atoms with Gasteiger partial charge in [-0.05, 0) is 36.6 Å². The molecule has 0 unspecified atom stereocenters. The average Bonchev–Trinajstić information content (AvgIpc) is 1.99. The Morgan fingerprint density at radius 2 is 1.92 bits per heavy atom. The van der Waals surface area contributed by atoms with Crippen molar-refractivity contribution in [2.45, 2.75) is 20.3 Å². The van der Waals surface area contributed by atoms with Crippen LogP contribution >= 0.6 is 23.8 Å². The van der Waals surface area contributed by atoms with Crippen molar-refractivity contribution in [3.8, 4) is 0 Å². The number of rotatable bonds is 2. The zero-order valence-electron chi connectivity index (χ0n) is 7.73. The lowest BCUT2D eigenvalue weighted by atomic mass is 10.0. The zero-order chi connectivity index (χ0) is 10.0. The van der Waals surface area contributed by atoms with Crippen molar-refractivity contribution < 1.29 is 0 Å². The molecule has 0 fully saturated rings. The van der Waals surface area contributed by atoms with Gasteiger partial charge >= 0.3 is 0 Å². The van der Waals surface area contributed by atoms with E-state index >= 15 is 0 Å². The van der Waals surface area contributed by atoms with Gasteiger partial charge in [0.1, 0.15) is 0 Å². The van der Waals surface area contributed by atoms with Crippen molar-refractivity contribution in [2.24, 2.45) is 5.73 Å². The molecule has 0 amide bonds. The molecule has 0 radical (unpaired) electrons. The first-order chi connectivity index (χ1) is 6.00. The first kappa shape index (κ1) is 10.5. The van der Waals surface area contributed by atoms with Gasteiger partial charge in [-0.2, -0.15) is 0 Å². The summed E-state index contributed by atoms with van der Waals surface area (Å²) in [5.74, 6) is 0. The van der Waals surface area contributed by atoms with Gasteiger partial charge < -0.3 is 5.73 Å². The van der Waals surface area contributed by atoms with Crippen LogP contribution in [0.3, 0.4) is 0 Å². The second-order valence-corrected chi connectivity index (χ2v) is 4.10. The van der Waals surface area contributed by atoms with Crippen LogP contribution < -0.4 is 5.73 Å². The molecule has 0 atom stereocenters. The lowest BCUT2D eigenvalue weighted by molar-refractivity contribution is 1.25. The van der Waals surface area contributed by atoms with E-state index in [2.05, 4.69) is 6.92 Å². The van der Waals surface area contributed by atoms with Gasteiger partial charge in [0.2, 0.25) is 0 Å². The predicted octanol–water partition coefficient (Wildman–Crippen LogP) is 2.79. The van der Waals surface area contributed by atoms with Crippen molar-refractivity contribution in [3.63, 3.8) is 0 Å². The molecule has 0 aliphatic rings. The Hall–Kier alpha value is -0.600. The number of hydrogen-bond donors (Lipinski definition) is 1. The summed E-state index contributed by atoms with van der Waals surface area (Å²) in [4.78, 5) is 0.477. The Bertz CT molecular complexity index is 347. The average molecular weight is 214 g/mol. The summed E-state index contributed by atoms with van der Waals surface area (Å²) in [6.07, 6.45) is 0.579. The van der Waals surface area contributed by atoms with E-state index in [0.717, 1.165) is 10.6 Å². The maximum Gasteiger partial charge on any atom is 0.0772 e. The van der Waals surface area contributed by atoms with Gasteiger partial charge in [0.25, 0.3) is 0 Å². The standard InChI is InChI=1S/C10H12ClNS/c1-6-3-8(5-10(12)13)9(11)4-7(6)2/h3-4H,5H2,1-2H3,(H2,12,13). The van der Waals surface area contributed by atoms with E-state index in [9.17, 15) is 0 Å². The summed E-state index contributed by atoms with van der Waals surface area (Å²) in [6, 6.07) is 3.99. The lowest BCUT2D eigenvalue weighted by Crippen LogP contribution is -2.11. The Labute approximate surface area is 88.9 Å². The van der Waals surface area contributed by atoms with Crippen molar-refractivity contribution in [3.05, 3.63) is 33.8 Å². The van der Waals surface area contributed by atoms with E-state index in [-0.39, 0.29) is 0 Å². The molecule has 0 spiro atoms. The first-order valence-electron chi connectivity index (χ1n) is 4.04. The Morgan fingerprint density at radius 1 is 1.38 bits per heavy atom. The van der Waals surface area contributed by atoms with E-state index in [1.165, 1.54) is 11.1 Å². The number of thiocarbonyl (C=S) groups is 1. The largest absolute Gasteiger partial charge is 0.393 e. The van der Waals surface area contributed by atoms with Crippen LogP contribution in [0.4, 0.5) is 0 Å². The van der Waals surface area contributed by atoms with Gasteiger partial charge in [0, 0.05) is 11.4 Å². The van der Waals surface area contributed by atoms with Crippen LogP contribution in [0.25, 0.3) is 0 Å². The molecular weight excluding hydrogens is 202 g/mol. The van der Waals surface area contributed by atoms with E-state index in [4.69, 9.17) is 29.6 Å². The lowest BCUT2D eigenvalue weighted by Gasteiger charge is -2.07. The zero-order valence-corrected chi connectivity index (χ0v) is 9.30. The first-order valence-corrected chi connectivity index (χ1v) is 4.83. The summed E-state index contributed by atoms with van der Waals surface area (Å²) in [6.45, 7) is 4.08. The molecule has 2 N–H and O–H groups in total. The third kappa shape index (κ3) is 2.68. The molecule has 0 saturated carbocycles. The maximum absolute atomic E-state index is 6.03. The highest BCUT2D eigenvalue weighted by Crippen LogP contribution is 2.21. The molecule has 0 aromatic heterocycles. The Morgan fingerprint density at radius 3 is 2.46 bits per heavy atom. The van der Waals surface area contributed by atoms with Gasteiger partial charge in [0.15, 0.2) is 0 Å². The highest BCUT2D eigenvalue weighted by atomic mass is 35.5. The van der Waals surface area contributed by atoms with Crippen LogP contribution in [0.2, 0.25) is 5.02 Å². The molecule has 1 rings (SSSR count). The van der Waals surface area contributed by atoms with Crippen LogP contribution in [0.1, 0.15) is 16.7 Å². The molecule has 0 bridgehead atoms. The number of nitrogens with two attached hydrogens (primary N) is 1. The van der Waals surface area contributed by atoms with Crippen LogP contribution in [0, 0.1) is 13.8 Å². The minimum absolute atomic E-state index is 0.477. The molecule has 70 valence electrons. The van der Waals surface area contributed by atoms with Gasteiger partial charge in [-0.1, -0.05) is 29.9 Å². The highest BCUT2D eigenvalue weighted by Gasteiger charge is 2.04. The summed E-state index contributed by atoms with van der Waals surface area (Å²) in [7, 11) is 0. The fraction of sp³-hybridized carbons (Fsp3) is 0.300. The van der Waals surface area contributed by atoms with Crippen LogP contribution in [0.15, 0.2) is 12.1 Å². The second-order valence-electron chi connectivity index (χ2n) is 3.17. The molecular formula is C10H12ClNS. The van der Waals surface area contributed by atoms with Gasteiger partial charge in [-0.25, -0.2) is 0 Å². The quantitative estimate of drug-likeness (QED) is 0.765. The van der Waals surface area contributed by atoms with Crippen LogP contribution in [-0.4, -0.2) is 4.99 Å². The van der Waals surface area contributed by atoms with Crippen LogP contribution in [-0.2, 0) is 6.42 Å². The number of hydrogen-bond acceptors (Lipinski definition) is 1. The van der Waals surface area contributed by atoms with E-state index < -0.39 is 0 Å². The third-order valence-electron chi connectivity index (χ3n) is 2.03. The molecule has 0 heterocycles. The van der Waals surface area contributed by atoms with Gasteiger partial charge in [-0.3, -0.25) is 0 Å². The minimum Gasteiger partial charge on any atom is -0.393 e. The van der Waals surface area contributed by atoms with Crippen molar-refractivity contribution >= 4 is 28.8 Å². The predicted molar refractivity (Wildman–Crippen MR) is 61.4 cm³/mol. The molecule has 1 aromatic rings. The smallest absolute Gasteiger partial charge is 0.0772 e.